The molecule has 1 aliphatic heterocycles. The van der Waals surface area contributed by atoms with Gasteiger partial charge in [-0.3, -0.25) is 4.90 Å². The Morgan fingerprint density at radius 1 is 1.21 bits per heavy atom. The Kier molecular flexibility index (Phi) is 4.32. The van der Waals surface area contributed by atoms with Crippen LogP contribution in [0.2, 0.25) is 0 Å². The van der Waals surface area contributed by atoms with E-state index in [4.69, 9.17) is 5.73 Å². The van der Waals surface area contributed by atoms with Crippen molar-refractivity contribution in [3.8, 4) is 0 Å². The Bertz CT molecular complexity index is 416. The Morgan fingerprint density at radius 2 is 1.89 bits per heavy atom. The largest absolute Gasteiger partial charge is 0.329 e. The van der Waals surface area contributed by atoms with E-state index < -0.39 is 0 Å². The molecule has 1 aliphatic carbocycles. The maximum atomic E-state index is 6.04. The lowest BCUT2D eigenvalue weighted by atomic mass is 9.77. The number of nitrogens with two attached hydrogens (primary N) is 1. The zero-order chi connectivity index (χ0) is 13.3. The van der Waals surface area contributed by atoms with Gasteiger partial charge in [0.05, 0.1) is 9.83 Å². The van der Waals surface area contributed by atoms with Gasteiger partial charge in [-0.1, -0.05) is 12.8 Å². The standard InChI is InChI=1S/C15H23BrN2S/c16-14-4-3-13(19-14)12(11-17)18-9-7-15(8-10-18)5-1-2-6-15/h3-4,12H,1-2,5-11,17H2. The fourth-order valence-corrected chi connectivity index (χ4v) is 5.46. The predicted molar refractivity (Wildman–Crippen MR) is 85.5 cm³/mol. The molecule has 1 atom stereocenters. The van der Waals surface area contributed by atoms with Crippen molar-refractivity contribution in [1.82, 2.24) is 4.90 Å². The second-order valence-corrected chi connectivity index (χ2v) is 8.63. The van der Waals surface area contributed by atoms with Crippen molar-refractivity contribution in [2.45, 2.75) is 44.6 Å². The van der Waals surface area contributed by atoms with Gasteiger partial charge in [0.1, 0.15) is 0 Å². The number of likely N-dealkylation sites (tertiary alicyclic amines) is 1. The second kappa shape index (κ2) is 5.84. The van der Waals surface area contributed by atoms with Crippen LogP contribution in [-0.2, 0) is 0 Å². The van der Waals surface area contributed by atoms with Crippen molar-refractivity contribution in [2.75, 3.05) is 19.6 Å². The first-order valence-corrected chi connectivity index (χ1v) is 9.03. The number of thiophene rings is 1. The van der Waals surface area contributed by atoms with Crippen molar-refractivity contribution in [2.24, 2.45) is 11.1 Å². The van der Waals surface area contributed by atoms with E-state index in [0.717, 1.165) is 6.54 Å². The molecule has 0 aromatic carbocycles. The zero-order valence-corrected chi connectivity index (χ0v) is 13.8. The Labute approximate surface area is 128 Å². The van der Waals surface area contributed by atoms with Crippen molar-refractivity contribution >= 4 is 27.3 Å². The maximum Gasteiger partial charge on any atom is 0.0702 e. The fraction of sp³-hybridized carbons (Fsp3) is 0.733. The minimum absolute atomic E-state index is 0.426. The quantitative estimate of drug-likeness (QED) is 0.893. The predicted octanol–water partition coefficient (Wildman–Crippen LogP) is 4.17. The summed E-state index contributed by atoms with van der Waals surface area (Å²) >= 11 is 5.39. The van der Waals surface area contributed by atoms with Crippen LogP contribution in [0.25, 0.3) is 0 Å². The van der Waals surface area contributed by atoms with Crippen LogP contribution in [0.5, 0.6) is 0 Å². The zero-order valence-electron chi connectivity index (χ0n) is 11.4. The van der Waals surface area contributed by atoms with Gasteiger partial charge in [0.15, 0.2) is 0 Å². The summed E-state index contributed by atoms with van der Waals surface area (Å²) in [6.45, 7) is 3.20. The second-order valence-electron chi connectivity index (χ2n) is 6.14. The minimum atomic E-state index is 0.426. The summed E-state index contributed by atoms with van der Waals surface area (Å²) in [5.41, 5.74) is 6.74. The third-order valence-electron chi connectivity index (χ3n) is 5.11. The molecule has 0 amide bonds. The molecule has 1 spiro atoms. The van der Waals surface area contributed by atoms with Gasteiger partial charge >= 0.3 is 0 Å². The van der Waals surface area contributed by atoms with Gasteiger partial charge in [0.25, 0.3) is 0 Å². The molecule has 1 unspecified atom stereocenters. The van der Waals surface area contributed by atoms with Gasteiger partial charge in [0, 0.05) is 11.4 Å². The normalized spacial score (nSPS) is 24.9. The van der Waals surface area contributed by atoms with Crippen LogP contribution in [0.1, 0.15) is 49.4 Å². The van der Waals surface area contributed by atoms with Gasteiger partial charge in [-0.25, -0.2) is 0 Å². The first kappa shape index (κ1) is 14.1. The van der Waals surface area contributed by atoms with Crippen molar-refractivity contribution in [1.29, 1.82) is 0 Å². The highest BCUT2D eigenvalue weighted by Gasteiger charge is 2.38. The van der Waals surface area contributed by atoms with Crippen molar-refractivity contribution in [3.63, 3.8) is 0 Å². The van der Waals surface area contributed by atoms with E-state index in [2.05, 4.69) is 33.0 Å². The lowest BCUT2D eigenvalue weighted by Crippen LogP contribution is -2.42. The SMILES string of the molecule is NCC(c1ccc(Br)s1)N1CCC2(CCCC2)CC1. The molecule has 2 aliphatic rings. The third kappa shape index (κ3) is 2.92. The van der Waals surface area contributed by atoms with Crippen LogP contribution in [0.15, 0.2) is 15.9 Å². The van der Waals surface area contributed by atoms with E-state index in [-0.39, 0.29) is 0 Å². The molecule has 3 rings (SSSR count). The van der Waals surface area contributed by atoms with E-state index >= 15 is 0 Å². The molecule has 2 heterocycles. The molecule has 1 saturated carbocycles. The minimum Gasteiger partial charge on any atom is -0.329 e. The molecule has 1 saturated heterocycles. The molecular formula is C15H23BrN2S. The average Bonchev–Trinajstić information content (AvgIpc) is 3.03. The highest BCUT2D eigenvalue weighted by Crippen LogP contribution is 2.47. The van der Waals surface area contributed by atoms with Gasteiger partial charge in [-0.15, -0.1) is 11.3 Å². The van der Waals surface area contributed by atoms with Gasteiger partial charge in [-0.2, -0.15) is 0 Å². The van der Waals surface area contributed by atoms with Crippen LogP contribution >= 0.6 is 27.3 Å². The van der Waals surface area contributed by atoms with Gasteiger partial charge < -0.3 is 5.73 Å². The first-order valence-electron chi connectivity index (χ1n) is 7.42. The average molecular weight is 343 g/mol. The van der Waals surface area contributed by atoms with Crippen LogP contribution < -0.4 is 5.73 Å². The molecular weight excluding hydrogens is 320 g/mol. The smallest absolute Gasteiger partial charge is 0.0702 e. The van der Waals surface area contributed by atoms with Gasteiger partial charge in [-0.05, 0) is 72.3 Å². The van der Waals surface area contributed by atoms with Gasteiger partial charge in [0.2, 0.25) is 0 Å². The monoisotopic (exact) mass is 342 g/mol. The summed E-state index contributed by atoms with van der Waals surface area (Å²) in [6, 6.07) is 4.80. The van der Waals surface area contributed by atoms with Crippen LogP contribution in [0.4, 0.5) is 0 Å². The van der Waals surface area contributed by atoms with Crippen LogP contribution in [0.3, 0.4) is 0 Å². The Hall–Kier alpha value is 0.1000. The molecule has 2 fully saturated rings. The third-order valence-corrected chi connectivity index (χ3v) is 6.83. The Morgan fingerprint density at radius 3 is 2.42 bits per heavy atom. The summed E-state index contributed by atoms with van der Waals surface area (Å²) in [7, 11) is 0. The maximum absolute atomic E-state index is 6.04. The number of hydrogen-bond acceptors (Lipinski definition) is 3. The van der Waals surface area contributed by atoms with E-state index in [1.54, 1.807) is 0 Å². The Balaban J connectivity index is 1.66. The molecule has 19 heavy (non-hydrogen) atoms. The molecule has 4 heteroatoms. The van der Waals surface area contributed by atoms with E-state index in [9.17, 15) is 0 Å². The molecule has 106 valence electrons. The topological polar surface area (TPSA) is 29.3 Å². The van der Waals surface area contributed by atoms with E-state index in [1.165, 1.54) is 60.3 Å². The summed E-state index contributed by atoms with van der Waals surface area (Å²) in [5, 5.41) is 0. The molecule has 2 nitrogen and oxygen atoms in total. The van der Waals surface area contributed by atoms with Crippen LogP contribution in [0, 0.1) is 5.41 Å². The number of piperidine rings is 1. The summed E-state index contributed by atoms with van der Waals surface area (Å²) < 4.78 is 1.21. The van der Waals surface area contributed by atoms with Crippen LogP contribution in [-0.4, -0.2) is 24.5 Å². The summed E-state index contributed by atoms with van der Waals surface area (Å²) in [4.78, 5) is 4.03. The molecule has 1 aromatic heterocycles. The lowest BCUT2D eigenvalue weighted by Gasteiger charge is -2.42. The number of halogens is 1. The number of nitrogens with zero attached hydrogens (tertiary/aromatic N) is 1. The number of rotatable bonds is 3. The summed E-state index contributed by atoms with van der Waals surface area (Å²) in [5.74, 6) is 0. The van der Waals surface area contributed by atoms with E-state index in [0.29, 0.717) is 11.5 Å². The molecule has 2 N–H and O–H groups in total. The lowest BCUT2D eigenvalue weighted by molar-refractivity contribution is 0.0791. The first-order chi connectivity index (χ1) is 9.22. The molecule has 0 bridgehead atoms. The fourth-order valence-electron chi connectivity index (χ4n) is 3.89. The van der Waals surface area contributed by atoms with Crippen molar-refractivity contribution < 1.29 is 0 Å². The summed E-state index contributed by atoms with van der Waals surface area (Å²) in [6.07, 6.45) is 8.62. The highest BCUT2D eigenvalue weighted by atomic mass is 79.9. The van der Waals surface area contributed by atoms with E-state index in [1.807, 2.05) is 11.3 Å². The highest BCUT2D eigenvalue weighted by molar-refractivity contribution is 9.11. The molecule has 0 radical (unpaired) electrons. The molecule has 1 aromatic rings. The number of hydrogen-bond donors (Lipinski definition) is 1. The van der Waals surface area contributed by atoms with Crippen molar-refractivity contribution in [3.05, 3.63) is 20.8 Å².